The third-order valence-corrected chi connectivity index (χ3v) is 2.88. The van der Waals surface area contributed by atoms with E-state index in [1.165, 1.54) is 0 Å². The van der Waals surface area contributed by atoms with Gasteiger partial charge in [0.25, 0.3) is 0 Å². The van der Waals surface area contributed by atoms with Crippen molar-refractivity contribution in [1.82, 2.24) is 15.3 Å². The summed E-state index contributed by atoms with van der Waals surface area (Å²) in [5, 5.41) is 3.05. The van der Waals surface area contributed by atoms with E-state index in [9.17, 15) is 13.2 Å². The van der Waals surface area contributed by atoms with Gasteiger partial charge in [-0.25, -0.2) is 4.98 Å². The minimum absolute atomic E-state index is 0.0770. The lowest BCUT2D eigenvalue weighted by Crippen LogP contribution is -2.39. The summed E-state index contributed by atoms with van der Waals surface area (Å²) in [5.74, 6) is 0.519. The molecule has 0 aromatic carbocycles. The molecule has 1 fully saturated rings. The molecule has 1 aromatic heterocycles. The van der Waals surface area contributed by atoms with E-state index in [-0.39, 0.29) is 12.1 Å². The molecule has 0 aliphatic heterocycles. The maximum absolute atomic E-state index is 12.4. The van der Waals surface area contributed by atoms with Crippen LogP contribution in [0, 0.1) is 5.92 Å². The fraction of sp³-hybridized carbons (Fsp3) is 0.636. The van der Waals surface area contributed by atoms with Gasteiger partial charge in [0, 0.05) is 6.20 Å². The second kappa shape index (κ2) is 5.09. The molecule has 0 amide bonds. The first-order valence-electron chi connectivity index (χ1n) is 5.70. The summed E-state index contributed by atoms with van der Waals surface area (Å²) in [4.78, 5) is 7.06. The average Bonchev–Trinajstić information content (AvgIpc) is 2.26. The van der Waals surface area contributed by atoms with Gasteiger partial charge < -0.3 is 10.1 Å². The van der Waals surface area contributed by atoms with Crippen LogP contribution in [0.25, 0.3) is 0 Å². The second-order valence-corrected chi connectivity index (χ2v) is 4.36. The van der Waals surface area contributed by atoms with Gasteiger partial charge in [-0.2, -0.15) is 18.2 Å². The predicted molar refractivity (Wildman–Crippen MR) is 58.1 cm³/mol. The first kappa shape index (κ1) is 13.1. The monoisotopic (exact) mass is 261 g/mol. The Labute approximate surface area is 103 Å². The van der Waals surface area contributed by atoms with Crippen molar-refractivity contribution < 1.29 is 17.9 Å². The number of nitrogens with one attached hydrogen (secondary N) is 1. The van der Waals surface area contributed by atoms with Crippen molar-refractivity contribution in [3.8, 4) is 6.01 Å². The van der Waals surface area contributed by atoms with Crippen LogP contribution in [0.2, 0.25) is 0 Å². The Morgan fingerprint density at radius 3 is 2.78 bits per heavy atom. The van der Waals surface area contributed by atoms with Crippen molar-refractivity contribution in [3.63, 3.8) is 0 Å². The van der Waals surface area contributed by atoms with Crippen molar-refractivity contribution in [1.29, 1.82) is 0 Å². The van der Waals surface area contributed by atoms with Gasteiger partial charge in [0.15, 0.2) is 5.69 Å². The van der Waals surface area contributed by atoms with Crippen LogP contribution in [0.1, 0.15) is 18.5 Å². The maximum atomic E-state index is 12.4. The molecule has 4 nitrogen and oxygen atoms in total. The Morgan fingerprint density at radius 2 is 2.17 bits per heavy atom. The largest absolute Gasteiger partial charge is 0.460 e. The molecule has 0 radical (unpaired) electrons. The number of nitrogens with zero attached hydrogens (tertiary/aromatic N) is 2. The molecule has 1 heterocycles. The van der Waals surface area contributed by atoms with Crippen LogP contribution in [-0.2, 0) is 6.18 Å². The third kappa shape index (κ3) is 3.10. The van der Waals surface area contributed by atoms with Crippen LogP contribution in [0.5, 0.6) is 6.01 Å². The zero-order valence-corrected chi connectivity index (χ0v) is 9.87. The van der Waals surface area contributed by atoms with Crippen LogP contribution in [0.4, 0.5) is 13.2 Å². The molecular weight excluding hydrogens is 247 g/mol. The van der Waals surface area contributed by atoms with Crippen molar-refractivity contribution in [3.05, 3.63) is 18.0 Å². The van der Waals surface area contributed by atoms with E-state index in [1.54, 1.807) is 0 Å². The molecule has 1 saturated carbocycles. The van der Waals surface area contributed by atoms with Crippen molar-refractivity contribution in [2.45, 2.75) is 25.1 Å². The van der Waals surface area contributed by atoms with E-state index in [0.29, 0.717) is 5.92 Å². The van der Waals surface area contributed by atoms with E-state index < -0.39 is 11.9 Å². The highest BCUT2D eigenvalue weighted by atomic mass is 19.4. The van der Waals surface area contributed by atoms with Crippen LogP contribution in [-0.4, -0.2) is 29.7 Å². The molecular formula is C11H14F3N3O. The number of rotatable bonds is 4. The highest BCUT2D eigenvalue weighted by Gasteiger charge is 2.34. The average molecular weight is 261 g/mol. The van der Waals surface area contributed by atoms with Gasteiger partial charge >= 0.3 is 12.2 Å². The minimum atomic E-state index is -4.46. The van der Waals surface area contributed by atoms with Gasteiger partial charge in [0.1, 0.15) is 6.10 Å². The topological polar surface area (TPSA) is 47.0 Å². The maximum Gasteiger partial charge on any atom is 0.433 e. The number of ether oxygens (including phenoxy) is 1. The van der Waals surface area contributed by atoms with Crippen LogP contribution in [0.3, 0.4) is 0 Å². The summed E-state index contributed by atoms with van der Waals surface area (Å²) >= 11 is 0. The highest BCUT2D eigenvalue weighted by molar-refractivity contribution is 5.09. The van der Waals surface area contributed by atoms with Crippen molar-refractivity contribution in [2.24, 2.45) is 5.92 Å². The smallest absolute Gasteiger partial charge is 0.433 e. The van der Waals surface area contributed by atoms with Gasteiger partial charge in [-0.15, -0.1) is 0 Å². The molecule has 1 aromatic rings. The van der Waals surface area contributed by atoms with E-state index >= 15 is 0 Å². The Balaban J connectivity index is 1.91. The molecule has 1 aliphatic carbocycles. The molecule has 0 unspecified atom stereocenters. The first-order valence-corrected chi connectivity index (χ1v) is 5.70. The van der Waals surface area contributed by atoms with Gasteiger partial charge in [0.2, 0.25) is 0 Å². The summed E-state index contributed by atoms with van der Waals surface area (Å²) in [6.07, 6.45) is -1.84. The van der Waals surface area contributed by atoms with Crippen molar-refractivity contribution >= 4 is 0 Å². The molecule has 100 valence electrons. The lowest BCUT2D eigenvalue weighted by molar-refractivity contribution is -0.141. The quantitative estimate of drug-likeness (QED) is 0.898. The summed E-state index contributed by atoms with van der Waals surface area (Å²) < 4.78 is 42.5. The van der Waals surface area contributed by atoms with E-state index in [1.807, 2.05) is 7.05 Å². The zero-order chi connectivity index (χ0) is 13.2. The summed E-state index contributed by atoms with van der Waals surface area (Å²) in [6, 6.07) is 0.634. The van der Waals surface area contributed by atoms with Crippen molar-refractivity contribution in [2.75, 3.05) is 13.6 Å². The molecule has 1 aliphatic rings. The van der Waals surface area contributed by atoms with Gasteiger partial charge in [-0.1, -0.05) is 0 Å². The predicted octanol–water partition coefficient (Wildman–Crippen LogP) is 1.87. The molecule has 1 N–H and O–H groups in total. The van der Waals surface area contributed by atoms with Crippen LogP contribution in [0.15, 0.2) is 12.3 Å². The van der Waals surface area contributed by atoms with Gasteiger partial charge in [-0.3, -0.25) is 0 Å². The standard InChI is InChI=1S/C11H14F3N3O/c1-15-6-7-4-8(5-7)18-10-16-3-2-9(17-10)11(12,13)14/h2-3,7-8,15H,4-6H2,1H3. The molecule has 0 atom stereocenters. The lowest BCUT2D eigenvalue weighted by atomic mass is 9.82. The minimum Gasteiger partial charge on any atom is -0.460 e. The molecule has 18 heavy (non-hydrogen) atoms. The summed E-state index contributed by atoms with van der Waals surface area (Å²) in [5.41, 5.74) is -0.974. The fourth-order valence-electron chi connectivity index (χ4n) is 1.93. The molecule has 0 saturated heterocycles. The third-order valence-electron chi connectivity index (χ3n) is 2.88. The Kier molecular flexibility index (Phi) is 3.70. The number of alkyl halides is 3. The molecule has 7 heteroatoms. The number of hydrogen-bond acceptors (Lipinski definition) is 4. The Bertz CT molecular complexity index is 405. The number of aromatic nitrogens is 2. The van der Waals surface area contributed by atoms with E-state index in [2.05, 4.69) is 15.3 Å². The Hall–Kier alpha value is -1.37. The van der Waals surface area contributed by atoms with E-state index in [4.69, 9.17) is 4.74 Å². The highest BCUT2D eigenvalue weighted by Crippen LogP contribution is 2.31. The summed E-state index contributed by atoms with van der Waals surface area (Å²) in [6.45, 7) is 0.892. The second-order valence-electron chi connectivity index (χ2n) is 4.36. The zero-order valence-electron chi connectivity index (χ0n) is 9.87. The molecule has 2 rings (SSSR count). The van der Waals surface area contributed by atoms with Gasteiger partial charge in [-0.05, 0) is 38.4 Å². The lowest BCUT2D eigenvalue weighted by Gasteiger charge is -2.34. The normalized spacial score (nSPS) is 23.6. The Morgan fingerprint density at radius 1 is 1.44 bits per heavy atom. The van der Waals surface area contributed by atoms with Crippen LogP contribution < -0.4 is 10.1 Å². The van der Waals surface area contributed by atoms with E-state index in [0.717, 1.165) is 31.6 Å². The SMILES string of the molecule is CNCC1CC(Oc2nccc(C(F)(F)F)n2)C1. The number of halogens is 3. The molecule has 0 bridgehead atoms. The first-order chi connectivity index (χ1) is 8.49. The summed E-state index contributed by atoms with van der Waals surface area (Å²) in [7, 11) is 1.87. The van der Waals surface area contributed by atoms with Crippen LogP contribution >= 0.6 is 0 Å². The fourth-order valence-corrected chi connectivity index (χ4v) is 1.93. The molecule has 0 spiro atoms. The van der Waals surface area contributed by atoms with Gasteiger partial charge in [0.05, 0.1) is 0 Å². The number of hydrogen-bond donors (Lipinski definition) is 1.